The molecule has 0 unspecified atom stereocenters. The number of amides is 1. The van der Waals surface area contributed by atoms with Gasteiger partial charge in [0.15, 0.2) is 0 Å². The molecule has 1 aliphatic rings. The number of carbonyl (C=O) groups is 2. The molecule has 0 fully saturated rings. The molecule has 1 heterocycles. The molecule has 0 saturated carbocycles. The van der Waals surface area contributed by atoms with Gasteiger partial charge in [-0.15, -0.1) is 0 Å². The van der Waals surface area contributed by atoms with Crippen molar-refractivity contribution in [3.05, 3.63) is 89.4 Å². The predicted molar refractivity (Wildman–Crippen MR) is 109 cm³/mol. The van der Waals surface area contributed by atoms with Gasteiger partial charge in [0.25, 0.3) is 5.91 Å². The van der Waals surface area contributed by atoms with Gasteiger partial charge in [0, 0.05) is 11.4 Å². The van der Waals surface area contributed by atoms with Crippen molar-refractivity contribution in [2.24, 2.45) is 0 Å². The van der Waals surface area contributed by atoms with E-state index in [0.29, 0.717) is 29.3 Å². The SMILES string of the molecule is C=CCOc1cccc(/C=C2\C(=O)N(c3ccc(F)cc3)C(C)=C2C(=O)OC)c1. The minimum atomic E-state index is -0.620. The highest BCUT2D eigenvalue weighted by atomic mass is 19.1. The van der Waals surface area contributed by atoms with Crippen molar-refractivity contribution in [2.45, 2.75) is 6.92 Å². The summed E-state index contributed by atoms with van der Waals surface area (Å²) in [6.45, 7) is 5.61. The smallest absolute Gasteiger partial charge is 0.340 e. The monoisotopic (exact) mass is 393 g/mol. The van der Waals surface area contributed by atoms with E-state index in [1.165, 1.54) is 36.3 Å². The number of hydrogen-bond acceptors (Lipinski definition) is 4. The highest BCUT2D eigenvalue weighted by molar-refractivity contribution is 6.23. The molecule has 0 bridgehead atoms. The van der Waals surface area contributed by atoms with Crippen LogP contribution in [0.3, 0.4) is 0 Å². The van der Waals surface area contributed by atoms with E-state index < -0.39 is 17.7 Å². The Kier molecular flexibility index (Phi) is 5.93. The number of rotatable bonds is 6. The lowest BCUT2D eigenvalue weighted by Crippen LogP contribution is -2.24. The van der Waals surface area contributed by atoms with Gasteiger partial charge in [0.1, 0.15) is 18.2 Å². The minimum absolute atomic E-state index is 0.166. The molecule has 0 radical (unpaired) electrons. The van der Waals surface area contributed by atoms with Gasteiger partial charge < -0.3 is 9.47 Å². The van der Waals surface area contributed by atoms with Crippen LogP contribution in [0, 0.1) is 5.82 Å². The number of nitrogens with zero attached hydrogens (tertiary/aromatic N) is 1. The van der Waals surface area contributed by atoms with Gasteiger partial charge in [-0.05, 0) is 55.0 Å². The molecule has 0 aromatic heterocycles. The van der Waals surface area contributed by atoms with Crippen LogP contribution in [-0.4, -0.2) is 25.6 Å². The van der Waals surface area contributed by atoms with Gasteiger partial charge >= 0.3 is 5.97 Å². The number of benzene rings is 2. The summed E-state index contributed by atoms with van der Waals surface area (Å²) in [5, 5.41) is 0. The van der Waals surface area contributed by atoms with Crippen molar-refractivity contribution in [1.82, 2.24) is 0 Å². The molecule has 1 aliphatic heterocycles. The Morgan fingerprint density at radius 3 is 2.59 bits per heavy atom. The minimum Gasteiger partial charge on any atom is -0.490 e. The number of allylic oxidation sites excluding steroid dienone is 1. The summed E-state index contributed by atoms with van der Waals surface area (Å²) in [5.74, 6) is -0.819. The fraction of sp³-hybridized carbons (Fsp3) is 0.130. The zero-order valence-corrected chi connectivity index (χ0v) is 16.1. The van der Waals surface area contributed by atoms with Crippen molar-refractivity contribution in [3.8, 4) is 5.75 Å². The molecule has 0 aliphatic carbocycles. The second-order valence-corrected chi connectivity index (χ2v) is 6.30. The quantitative estimate of drug-likeness (QED) is 0.418. The summed E-state index contributed by atoms with van der Waals surface area (Å²) in [6.07, 6.45) is 3.25. The summed E-state index contributed by atoms with van der Waals surface area (Å²) >= 11 is 0. The molecule has 0 saturated heterocycles. The number of carbonyl (C=O) groups excluding carboxylic acids is 2. The number of methoxy groups -OCH3 is 1. The Balaban J connectivity index is 2.06. The average Bonchev–Trinajstić information content (AvgIpc) is 2.96. The van der Waals surface area contributed by atoms with Crippen LogP contribution in [0.4, 0.5) is 10.1 Å². The maximum atomic E-state index is 13.3. The van der Waals surface area contributed by atoms with Gasteiger partial charge in [-0.2, -0.15) is 0 Å². The van der Waals surface area contributed by atoms with E-state index in [2.05, 4.69) is 6.58 Å². The zero-order chi connectivity index (χ0) is 21.0. The van der Waals surface area contributed by atoms with E-state index in [0.717, 1.165) is 0 Å². The lowest BCUT2D eigenvalue weighted by molar-refractivity contribution is -0.136. The Morgan fingerprint density at radius 2 is 1.93 bits per heavy atom. The fourth-order valence-corrected chi connectivity index (χ4v) is 3.10. The fourth-order valence-electron chi connectivity index (χ4n) is 3.10. The first kappa shape index (κ1) is 20.1. The Hall–Kier alpha value is -3.67. The molecule has 148 valence electrons. The first-order chi connectivity index (χ1) is 14.0. The second-order valence-electron chi connectivity index (χ2n) is 6.30. The number of halogens is 1. The molecule has 1 amide bonds. The largest absolute Gasteiger partial charge is 0.490 e. The summed E-state index contributed by atoms with van der Waals surface area (Å²) in [7, 11) is 1.26. The van der Waals surface area contributed by atoms with E-state index in [1.54, 1.807) is 43.3 Å². The molecule has 0 spiro atoms. The molecular formula is C23H20FNO4. The second kappa shape index (κ2) is 8.56. The summed E-state index contributed by atoms with van der Waals surface area (Å²) < 4.78 is 23.7. The lowest BCUT2D eigenvalue weighted by Gasteiger charge is -2.17. The van der Waals surface area contributed by atoms with Gasteiger partial charge in [-0.3, -0.25) is 9.69 Å². The van der Waals surface area contributed by atoms with Gasteiger partial charge in [-0.1, -0.05) is 24.8 Å². The maximum absolute atomic E-state index is 13.3. The zero-order valence-electron chi connectivity index (χ0n) is 16.1. The Bertz CT molecular complexity index is 1020. The van der Waals surface area contributed by atoms with Crippen LogP contribution in [-0.2, 0) is 14.3 Å². The van der Waals surface area contributed by atoms with Crippen molar-refractivity contribution in [1.29, 1.82) is 0 Å². The van der Waals surface area contributed by atoms with Gasteiger partial charge in [0.2, 0.25) is 0 Å². The third-order valence-corrected chi connectivity index (χ3v) is 4.41. The Morgan fingerprint density at radius 1 is 1.21 bits per heavy atom. The highest BCUT2D eigenvalue weighted by Gasteiger charge is 2.37. The molecule has 2 aromatic carbocycles. The van der Waals surface area contributed by atoms with Crippen LogP contribution in [0.1, 0.15) is 12.5 Å². The number of hydrogen-bond donors (Lipinski definition) is 0. The summed E-state index contributed by atoms with van der Waals surface area (Å²) in [5.41, 5.74) is 1.92. The van der Waals surface area contributed by atoms with E-state index in [1.807, 2.05) is 0 Å². The van der Waals surface area contributed by atoms with Crippen LogP contribution < -0.4 is 9.64 Å². The van der Waals surface area contributed by atoms with Crippen LogP contribution >= 0.6 is 0 Å². The van der Waals surface area contributed by atoms with Gasteiger partial charge in [0.05, 0.1) is 18.3 Å². The molecular weight excluding hydrogens is 373 g/mol. The highest BCUT2D eigenvalue weighted by Crippen LogP contribution is 2.35. The first-order valence-electron chi connectivity index (χ1n) is 8.91. The molecule has 0 N–H and O–H groups in total. The van der Waals surface area contributed by atoms with Crippen molar-refractivity contribution in [2.75, 3.05) is 18.6 Å². The third kappa shape index (κ3) is 4.11. The number of esters is 1. The van der Waals surface area contributed by atoms with Crippen LogP contribution in [0.25, 0.3) is 6.08 Å². The van der Waals surface area contributed by atoms with E-state index >= 15 is 0 Å². The summed E-state index contributed by atoms with van der Waals surface area (Å²) in [6, 6.07) is 12.6. The number of ether oxygens (including phenoxy) is 2. The van der Waals surface area contributed by atoms with Crippen LogP contribution in [0.5, 0.6) is 5.75 Å². The molecule has 3 rings (SSSR count). The molecule has 6 heteroatoms. The van der Waals surface area contributed by atoms with E-state index in [-0.39, 0.29) is 11.1 Å². The van der Waals surface area contributed by atoms with Crippen LogP contribution in [0.2, 0.25) is 0 Å². The van der Waals surface area contributed by atoms with E-state index in [9.17, 15) is 14.0 Å². The molecule has 0 atom stereocenters. The summed E-state index contributed by atoms with van der Waals surface area (Å²) in [4.78, 5) is 26.9. The van der Waals surface area contributed by atoms with Crippen LogP contribution in [0.15, 0.2) is 78.0 Å². The molecule has 5 nitrogen and oxygen atoms in total. The maximum Gasteiger partial charge on any atom is 0.340 e. The molecule has 2 aromatic rings. The predicted octanol–water partition coefficient (Wildman–Crippen LogP) is 4.27. The van der Waals surface area contributed by atoms with Gasteiger partial charge in [-0.25, -0.2) is 9.18 Å². The number of anilines is 1. The Labute approximate surface area is 168 Å². The normalized spacial score (nSPS) is 15.1. The van der Waals surface area contributed by atoms with Crippen molar-refractivity contribution >= 4 is 23.6 Å². The van der Waals surface area contributed by atoms with Crippen molar-refractivity contribution < 1.29 is 23.5 Å². The topological polar surface area (TPSA) is 55.8 Å². The molecule has 29 heavy (non-hydrogen) atoms. The standard InChI is InChI=1S/C23H20FNO4/c1-4-12-29-19-7-5-6-16(13-19)14-20-21(23(27)28-3)15(2)25(22(20)26)18-10-8-17(24)9-11-18/h4-11,13-14H,1,12H2,2-3H3/b20-14-. The van der Waals surface area contributed by atoms with Crippen molar-refractivity contribution in [3.63, 3.8) is 0 Å². The lowest BCUT2D eigenvalue weighted by atomic mass is 10.0. The first-order valence-corrected chi connectivity index (χ1v) is 8.91. The van der Waals surface area contributed by atoms with E-state index in [4.69, 9.17) is 9.47 Å². The average molecular weight is 393 g/mol. The third-order valence-electron chi connectivity index (χ3n) is 4.41.